The zero-order valence-electron chi connectivity index (χ0n) is 27.9. The summed E-state index contributed by atoms with van der Waals surface area (Å²) in [5.41, 5.74) is 0.526. The molecular formula is C33H58O13. The Morgan fingerprint density at radius 1 is 0.391 bits per heavy atom. The molecule has 1 aromatic rings. The lowest BCUT2D eigenvalue weighted by Crippen LogP contribution is -2.15. The van der Waals surface area contributed by atoms with E-state index in [1.54, 1.807) is 24.3 Å². The van der Waals surface area contributed by atoms with Crippen molar-refractivity contribution in [2.75, 3.05) is 152 Å². The normalized spacial score (nSPS) is 11.3. The van der Waals surface area contributed by atoms with Gasteiger partial charge in [0.1, 0.15) is 6.61 Å². The summed E-state index contributed by atoms with van der Waals surface area (Å²) < 4.78 is 65.1. The lowest BCUT2D eigenvalue weighted by molar-refractivity contribution is -0.0280. The summed E-state index contributed by atoms with van der Waals surface area (Å²) in [7, 11) is 0. The number of unbranched alkanes of at least 4 members (excludes halogenated alkanes) is 1. The van der Waals surface area contributed by atoms with E-state index < -0.39 is 0 Å². The van der Waals surface area contributed by atoms with Crippen molar-refractivity contribution in [2.45, 2.75) is 19.8 Å². The molecule has 0 aliphatic carbocycles. The predicted octanol–water partition coefficient (Wildman–Crippen LogP) is 2.83. The summed E-state index contributed by atoms with van der Waals surface area (Å²) in [6, 6.07) is 8.85. The molecule has 0 unspecified atom stereocenters. The van der Waals surface area contributed by atoms with Gasteiger partial charge in [-0.3, -0.25) is 0 Å². The van der Waals surface area contributed by atoms with Crippen LogP contribution in [0.1, 0.15) is 30.1 Å². The van der Waals surface area contributed by atoms with Crippen molar-refractivity contribution in [3.63, 3.8) is 0 Å². The van der Waals surface area contributed by atoms with Crippen LogP contribution in [0.15, 0.2) is 30.3 Å². The Labute approximate surface area is 275 Å². The maximum Gasteiger partial charge on any atom is 0.338 e. The van der Waals surface area contributed by atoms with Crippen LogP contribution in [0, 0.1) is 0 Å². The monoisotopic (exact) mass is 662 g/mol. The minimum Gasteiger partial charge on any atom is -0.460 e. The molecule has 0 fully saturated rings. The SMILES string of the molecule is CCCCOCCOCCOCCOCCOCCOCCOCCOCCOCCOCCOCCOC(=O)c1ccccc1. The number of ether oxygens (including phenoxy) is 12. The van der Waals surface area contributed by atoms with Crippen LogP contribution in [-0.4, -0.2) is 158 Å². The van der Waals surface area contributed by atoms with Crippen LogP contribution in [0.2, 0.25) is 0 Å². The van der Waals surface area contributed by atoms with E-state index in [1.807, 2.05) is 6.07 Å². The Hall–Kier alpha value is -1.75. The van der Waals surface area contributed by atoms with Crippen molar-refractivity contribution < 1.29 is 61.6 Å². The average Bonchev–Trinajstić information content (AvgIpc) is 3.08. The maximum atomic E-state index is 11.8. The fraction of sp³-hybridized carbons (Fsp3) is 0.788. The van der Waals surface area contributed by atoms with Gasteiger partial charge in [0.25, 0.3) is 0 Å². The maximum absolute atomic E-state index is 11.8. The van der Waals surface area contributed by atoms with Crippen molar-refractivity contribution in [1.82, 2.24) is 0 Å². The molecule has 268 valence electrons. The van der Waals surface area contributed by atoms with Crippen molar-refractivity contribution in [3.05, 3.63) is 35.9 Å². The lowest BCUT2D eigenvalue weighted by atomic mass is 10.2. The first-order valence-electron chi connectivity index (χ1n) is 16.4. The van der Waals surface area contributed by atoms with Crippen molar-refractivity contribution in [1.29, 1.82) is 0 Å². The van der Waals surface area contributed by atoms with Crippen LogP contribution in [-0.2, 0) is 56.8 Å². The second kappa shape index (κ2) is 36.1. The van der Waals surface area contributed by atoms with Gasteiger partial charge < -0.3 is 56.8 Å². The van der Waals surface area contributed by atoms with Gasteiger partial charge in [0.15, 0.2) is 0 Å². The van der Waals surface area contributed by atoms with Crippen molar-refractivity contribution in [2.24, 2.45) is 0 Å². The summed E-state index contributed by atoms with van der Waals surface area (Å²) in [6.07, 6.45) is 2.23. The van der Waals surface area contributed by atoms with E-state index >= 15 is 0 Å². The second-order valence-electron chi connectivity index (χ2n) is 9.59. The van der Waals surface area contributed by atoms with Crippen LogP contribution in [0.5, 0.6) is 0 Å². The third kappa shape index (κ3) is 30.9. The summed E-state index contributed by atoms with van der Waals surface area (Å²) in [5.74, 6) is -0.355. The molecule has 0 heterocycles. The highest BCUT2D eigenvalue weighted by Gasteiger charge is 2.05. The van der Waals surface area contributed by atoms with Gasteiger partial charge in [-0.2, -0.15) is 0 Å². The molecule has 0 aliphatic rings. The van der Waals surface area contributed by atoms with E-state index in [-0.39, 0.29) is 12.6 Å². The number of carbonyl (C=O) groups is 1. The van der Waals surface area contributed by atoms with E-state index in [0.29, 0.717) is 144 Å². The van der Waals surface area contributed by atoms with Gasteiger partial charge in [-0.1, -0.05) is 31.5 Å². The Morgan fingerprint density at radius 2 is 0.652 bits per heavy atom. The first-order valence-corrected chi connectivity index (χ1v) is 16.4. The van der Waals surface area contributed by atoms with Gasteiger partial charge in [-0.05, 0) is 18.6 Å². The highest BCUT2D eigenvalue weighted by molar-refractivity contribution is 5.89. The molecule has 13 nitrogen and oxygen atoms in total. The fourth-order valence-electron chi connectivity index (χ4n) is 3.40. The summed E-state index contributed by atoms with van der Waals surface area (Å²) in [6.45, 7) is 13.7. The standard InChI is InChI=1S/C33H58O13/c1-2-3-9-35-10-11-36-12-13-37-14-15-38-16-17-39-18-19-40-20-21-41-22-23-42-24-25-43-26-27-44-28-29-45-30-31-46-33(34)32-7-5-4-6-8-32/h4-8H,2-3,9-31H2,1H3. The zero-order valence-corrected chi connectivity index (χ0v) is 27.9. The molecule has 46 heavy (non-hydrogen) atoms. The zero-order chi connectivity index (χ0) is 32.9. The summed E-state index contributed by atoms with van der Waals surface area (Å²) in [4.78, 5) is 11.8. The van der Waals surface area contributed by atoms with Gasteiger partial charge in [-0.15, -0.1) is 0 Å². The molecule has 13 heteroatoms. The third-order valence-electron chi connectivity index (χ3n) is 5.83. The van der Waals surface area contributed by atoms with Crippen molar-refractivity contribution in [3.8, 4) is 0 Å². The molecule has 0 amide bonds. The number of esters is 1. The molecule has 0 N–H and O–H groups in total. The number of hydrogen-bond acceptors (Lipinski definition) is 13. The topological polar surface area (TPSA) is 128 Å². The van der Waals surface area contributed by atoms with E-state index in [4.69, 9.17) is 56.8 Å². The Kier molecular flexibility index (Phi) is 33.2. The van der Waals surface area contributed by atoms with Crippen LogP contribution < -0.4 is 0 Å². The molecule has 0 saturated carbocycles. The van der Waals surface area contributed by atoms with Crippen LogP contribution in [0.3, 0.4) is 0 Å². The molecular weight excluding hydrogens is 604 g/mol. The average molecular weight is 663 g/mol. The van der Waals surface area contributed by atoms with Crippen LogP contribution >= 0.6 is 0 Å². The third-order valence-corrected chi connectivity index (χ3v) is 5.83. The highest BCUT2D eigenvalue weighted by Crippen LogP contribution is 2.00. The molecule has 0 saturated heterocycles. The number of carbonyl (C=O) groups excluding carboxylic acids is 1. The smallest absolute Gasteiger partial charge is 0.338 e. The van der Waals surface area contributed by atoms with Gasteiger partial charge in [0.05, 0.1) is 144 Å². The lowest BCUT2D eigenvalue weighted by Gasteiger charge is -2.09. The second-order valence-corrected chi connectivity index (χ2v) is 9.59. The summed E-state index contributed by atoms with van der Waals surface area (Å²) >= 11 is 0. The molecule has 1 rings (SSSR count). The minimum absolute atomic E-state index is 0.203. The quantitative estimate of drug-likeness (QED) is 0.0766. The molecule has 0 aliphatic heterocycles. The Balaban J connectivity index is 1.63. The van der Waals surface area contributed by atoms with Crippen molar-refractivity contribution >= 4 is 5.97 Å². The van der Waals surface area contributed by atoms with Gasteiger partial charge >= 0.3 is 5.97 Å². The molecule has 1 aromatic carbocycles. The van der Waals surface area contributed by atoms with Gasteiger partial charge in [0.2, 0.25) is 0 Å². The number of hydrogen-bond donors (Lipinski definition) is 0. The fourth-order valence-corrected chi connectivity index (χ4v) is 3.40. The molecule has 0 aromatic heterocycles. The Bertz CT molecular complexity index is 742. The van der Waals surface area contributed by atoms with Gasteiger partial charge in [0, 0.05) is 6.61 Å². The Morgan fingerprint density at radius 3 is 0.935 bits per heavy atom. The van der Waals surface area contributed by atoms with E-state index in [9.17, 15) is 4.79 Å². The molecule has 0 bridgehead atoms. The molecule has 0 atom stereocenters. The minimum atomic E-state index is -0.355. The molecule has 0 spiro atoms. The van der Waals surface area contributed by atoms with E-state index in [2.05, 4.69) is 6.92 Å². The predicted molar refractivity (Wildman–Crippen MR) is 171 cm³/mol. The van der Waals surface area contributed by atoms with Crippen LogP contribution in [0.25, 0.3) is 0 Å². The summed E-state index contributed by atoms with van der Waals surface area (Å²) in [5, 5.41) is 0. The first kappa shape index (κ1) is 42.3. The highest BCUT2D eigenvalue weighted by atomic mass is 16.6. The van der Waals surface area contributed by atoms with Gasteiger partial charge in [-0.25, -0.2) is 4.79 Å². The van der Waals surface area contributed by atoms with E-state index in [1.165, 1.54) is 0 Å². The van der Waals surface area contributed by atoms with Crippen LogP contribution in [0.4, 0.5) is 0 Å². The number of benzene rings is 1. The first-order chi connectivity index (χ1) is 22.8. The van der Waals surface area contributed by atoms with E-state index in [0.717, 1.165) is 19.4 Å². The largest absolute Gasteiger partial charge is 0.460 e. The number of rotatable bonds is 37. The molecule has 0 radical (unpaired) electrons.